The number of nitrogens with zero attached hydrogens (tertiary/aromatic N) is 1. The first-order valence-corrected chi connectivity index (χ1v) is 11.7. The summed E-state index contributed by atoms with van der Waals surface area (Å²) in [5, 5.41) is -0.00172. The highest BCUT2D eigenvalue weighted by Crippen LogP contribution is 2.34. The number of rotatable bonds is 6. The molecule has 0 saturated heterocycles. The Morgan fingerprint density at radius 3 is 2.36 bits per heavy atom. The fourth-order valence-electron chi connectivity index (χ4n) is 3.20. The van der Waals surface area contributed by atoms with Gasteiger partial charge >= 0.3 is 0 Å². The number of hydrogen-bond donors (Lipinski definition) is 0. The van der Waals surface area contributed by atoms with E-state index in [9.17, 15) is 22.0 Å². The third-order valence-electron chi connectivity index (χ3n) is 4.57. The first-order chi connectivity index (χ1) is 13.2. The minimum absolute atomic E-state index is 0.00172. The van der Waals surface area contributed by atoms with Gasteiger partial charge in [0.15, 0.2) is 9.84 Å². The summed E-state index contributed by atoms with van der Waals surface area (Å²) in [5.74, 6) is -1.68. The summed E-state index contributed by atoms with van der Waals surface area (Å²) in [6, 6.07) is 7.39. The van der Waals surface area contributed by atoms with Gasteiger partial charge in [0.1, 0.15) is 11.6 Å². The lowest BCUT2D eigenvalue weighted by atomic mass is 10.1. The highest BCUT2D eigenvalue weighted by Gasteiger charge is 2.25. The molecule has 0 radical (unpaired) electrons. The number of sulfone groups is 1. The predicted octanol–water partition coefficient (Wildman–Crippen LogP) is 4.97. The highest BCUT2D eigenvalue weighted by molar-refractivity contribution is 8.13. The zero-order chi connectivity index (χ0) is 20.5. The molecule has 150 valence electrons. The van der Waals surface area contributed by atoms with Crippen molar-refractivity contribution >= 4 is 32.5 Å². The van der Waals surface area contributed by atoms with Crippen LogP contribution in [0.2, 0.25) is 0 Å². The first kappa shape index (κ1) is 20.8. The van der Waals surface area contributed by atoms with Crippen LogP contribution in [0.3, 0.4) is 0 Å². The van der Waals surface area contributed by atoms with Gasteiger partial charge in [-0.25, -0.2) is 17.2 Å². The maximum Gasteiger partial charge on any atom is 0.286 e. The molecule has 8 heteroatoms. The van der Waals surface area contributed by atoms with Crippen LogP contribution in [-0.4, -0.2) is 20.2 Å². The molecule has 1 aliphatic rings. The number of amides is 1. The summed E-state index contributed by atoms with van der Waals surface area (Å²) in [5.41, 5.74) is 2.29. The van der Waals surface area contributed by atoms with Crippen molar-refractivity contribution in [3.05, 3.63) is 64.2 Å². The standard InChI is InChI=1S/C20H21F2NO3S2/c1-3-6-23-19-5-4-14(7-16(19)10-27-20(23)24)11-28(25,26)12-15-8-17(21)13(2)18(22)9-15/h4-5,7-9H,3,6,10-12H2,1-2H3. The van der Waals surface area contributed by atoms with E-state index in [4.69, 9.17) is 0 Å². The third kappa shape index (κ3) is 4.55. The lowest BCUT2D eigenvalue weighted by Crippen LogP contribution is -2.31. The van der Waals surface area contributed by atoms with Crippen molar-refractivity contribution in [1.29, 1.82) is 0 Å². The monoisotopic (exact) mass is 425 g/mol. The van der Waals surface area contributed by atoms with Gasteiger partial charge in [0.05, 0.1) is 11.5 Å². The molecule has 1 heterocycles. The second kappa shape index (κ2) is 8.21. The van der Waals surface area contributed by atoms with Crippen molar-refractivity contribution in [1.82, 2.24) is 0 Å². The van der Waals surface area contributed by atoms with Crippen molar-refractivity contribution in [2.45, 2.75) is 37.5 Å². The number of halogens is 2. The molecule has 0 atom stereocenters. The Morgan fingerprint density at radius 1 is 1.07 bits per heavy atom. The molecule has 2 aromatic rings. The van der Waals surface area contributed by atoms with Gasteiger partial charge in [-0.05, 0) is 48.2 Å². The fraction of sp³-hybridized carbons (Fsp3) is 0.350. The van der Waals surface area contributed by atoms with Crippen LogP contribution in [-0.2, 0) is 27.1 Å². The minimum Gasteiger partial charge on any atom is -0.303 e. The summed E-state index contributed by atoms with van der Waals surface area (Å²) < 4.78 is 52.5. The van der Waals surface area contributed by atoms with E-state index >= 15 is 0 Å². The lowest BCUT2D eigenvalue weighted by molar-refractivity contribution is 0.264. The zero-order valence-electron chi connectivity index (χ0n) is 15.7. The van der Waals surface area contributed by atoms with E-state index in [0.29, 0.717) is 17.9 Å². The van der Waals surface area contributed by atoms with Crippen LogP contribution >= 0.6 is 11.8 Å². The molecule has 0 saturated carbocycles. The van der Waals surface area contributed by atoms with E-state index in [1.165, 1.54) is 18.7 Å². The number of carbonyl (C=O) groups is 1. The van der Waals surface area contributed by atoms with Crippen molar-refractivity contribution in [2.24, 2.45) is 0 Å². The number of benzene rings is 2. The number of hydrogen-bond acceptors (Lipinski definition) is 4. The van der Waals surface area contributed by atoms with Crippen LogP contribution in [0.25, 0.3) is 0 Å². The molecule has 0 aliphatic carbocycles. The summed E-state index contributed by atoms with van der Waals surface area (Å²) >= 11 is 1.20. The van der Waals surface area contributed by atoms with E-state index < -0.39 is 27.2 Å². The smallest absolute Gasteiger partial charge is 0.286 e. The van der Waals surface area contributed by atoms with E-state index in [0.717, 1.165) is 29.8 Å². The molecule has 0 fully saturated rings. The number of anilines is 1. The largest absolute Gasteiger partial charge is 0.303 e. The average Bonchev–Trinajstić information content (AvgIpc) is 2.61. The number of fused-ring (bicyclic) bond motifs is 1. The van der Waals surface area contributed by atoms with Gasteiger partial charge in [-0.15, -0.1) is 0 Å². The Morgan fingerprint density at radius 2 is 1.71 bits per heavy atom. The van der Waals surface area contributed by atoms with Gasteiger partial charge in [0.25, 0.3) is 5.24 Å². The summed E-state index contributed by atoms with van der Waals surface area (Å²) in [7, 11) is -3.62. The number of thioether (sulfide) groups is 1. The highest BCUT2D eigenvalue weighted by atomic mass is 32.2. The van der Waals surface area contributed by atoms with Crippen molar-refractivity contribution < 1.29 is 22.0 Å². The van der Waals surface area contributed by atoms with Crippen LogP contribution in [0.4, 0.5) is 19.3 Å². The molecule has 0 aromatic heterocycles. The van der Waals surface area contributed by atoms with Crippen molar-refractivity contribution in [3.8, 4) is 0 Å². The summed E-state index contributed by atoms with van der Waals surface area (Å²) in [6.07, 6.45) is 0.825. The second-order valence-corrected chi connectivity index (χ2v) is 9.88. The fourth-order valence-corrected chi connectivity index (χ4v) is 5.52. The van der Waals surface area contributed by atoms with Gasteiger partial charge in [-0.1, -0.05) is 30.8 Å². The second-order valence-electron chi connectivity index (χ2n) is 6.89. The molecule has 0 bridgehead atoms. The zero-order valence-corrected chi connectivity index (χ0v) is 17.3. The Balaban J connectivity index is 1.81. The van der Waals surface area contributed by atoms with Gasteiger partial charge in [0.2, 0.25) is 0 Å². The first-order valence-electron chi connectivity index (χ1n) is 8.91. The topological polar surface area (TPSA) is 54.5 Å². The van der Waals surface area contributed by atoms with Gasteiger partial charge in [-0.3, -0.25) is 4.79 Å². The molecule has 0 spiro atoms. The van der Waals surface area contributed by atoms with Crippen molar-refractivity contribution in [2.75, 3.05) is 11.4 Å². The molecule has 0 N–H and O–H groups in total. The lowest BCUT2D eigenvalue weighted by Gasteiger charge is -2.28. The predicted molar refractivity (Wildman–Crippen MR) is 108 cm³/mol. The molecule has 0 unspecified atom stereocenters. The molecule has 3 rings (SSSR count). The molecule has 1 aliphatic heterocycles. The van der Waals surface area contributed by atoms with Gasteiger partial charge in [-0.2, -0.15) is 0 Å². The number of carbonyl (C=O) groups excluding carboxylic acids is 1. The van der Waals surface area contributed by atoms with Crippen molar-refractivity contribution in [3.63, 3.8) is 0 Å². The summed E-state index contributed by atoms with van der Waals surface area (Å²) in [6.45, 7) is 3.91. The van der Waals surface area contributed by atoms with Crippen LogP contribution in [0.1, 0.15) is 35.6 Å². The Kier molecular flexibility index (Phi) is 6.09. The SMILES string of the molecule is CCCN1C(=O)SCc2cc(CS(=O)(=O)Cc3cc(F)c(C)c(F)c3)ccc21. The average molecular weight is 426 g/mol. The molecule has 4 nitrogen and oxygen atoms in total. The van der Waals surface area contributed by atoms with E-state index in [1.54, 1.807) is 23.1 Å². The molecule has 1 amide bonds. The van der Waals surface area contributed by atoms with Crippen LogP contribution < -0.4 is 4.90 Å². The quantitative estimate of drug-likeness (QED) is 0.656. The van der Waals surface area contributed by atoms with Gasteiger partial charge in [0, 0.05) is 23.5 Å². The van der Waals surface area contributed by atoms with E-state index in [-0.39, 0.29) is 22.1 Å². The molecule has 28 heavy (non-hydrogen) atoms. The summed E-state index contributed by atoms with van der Waals surface area (Å²) in [4.78, 5) is 13.8. The minimum atomic E-state index is -3.62. The Bertz CT molecular complexity index is 999. The van der Waals surface area contributed by atoms with Crippen LogP contribution in [0.15, 0.2) is 30.3 Å². The van der Waals surface area contributed by atoms with E-state index in [2.05, 4.69) is 0 Å². The van der Waals surface area contributed by atoms with Crippen LogP contribution in [0, 0.1) is 18.6 Å². The van der Waals surface area contributed by atoms with Crippen LogP contribution in [0.5, 0.6) is 0 Å². The Labute approximate surface area is 167 Å². The third-order valence-corrected chi connectivity index (χ3v) is 7.04. The maximum atomic E-state index is 13.7. The maximum absolute atomic E-state index is 13.7. The normalized spacial score (nSPS) is 14.3. The molecule has 2 aromatic carbocycles. The van der Waals surface area contributed by atoms with E-state index in [1.807, 2.05) is 6.92 Å². The van der Waals surface area contributed by atoms with Gasteiger partial charge < -0.3 is 4.90 Å². The molecular weight excluding hydrogens is 404 g/mol. The molecular formula is C20H21F2NO3S2. The Hall–Kier alpha value is -1.93.